The van der Waals surface area contributed by atoms with Crippen molar-refractivity contribution in [1.29, 1.82) is 0 Å². The Morgan fingerprint density at radius 3 is 2.50 bits per heavy atom. The van der Waals surface area contributed by atoms with Crippen LogP contribution in [0.2, 0.25) is 0 Å². The van der Waals surface area contributed by atoms with Crippen LogP contribution in [0.5, 0.6) is 0 Å². The van der Waals surface area contributed by atoms with Crippen LogP contribution in [0.25, 0.3) is 0 Å². The van der Waals surface area contributed by atoms with Crippen LogP contribution in [0.1, 0.15) is 20.3 Å². The highest BCUT2D eigenvalue weighted by atomic mass is 16.2. The highest BCUT2D eigenvalue weighted by Gasteiger charge is 2.19. The Kier molecular flexibility index (Phi) is 3.88. The third kappa shape index (κ3) is 2.99. The summed E-state index contributed by atoms with van der Waals surface area (Å²) in [5.41, 5.74) is 0. The molecule has 0 spiro atoms. The largest absolute Gasteiger partial charge is 0.354 e. The minimum atomic E-state index is -0.454. The summed E-state index contributed by atoms with van der Waals surface area (Å²) in [6, 6.07) is -0.687. The molecule has 80 valence electrons. The van der Waals surface area contributed by atoms with Gasteiger partial charge in [-0.1, -0.05) is 0 Å². The van der Waals surface area contributed by atoms with Gasteiger partial charge in [0.1, 0.15) is 6.04 Å². The average molecular weight is 199 g/mol. The fourth-order valence-corrected chi connectivity index (χ4v) is 1.27. The molecule has 1 aliphatic rings. The molecule has 0 saturated carbocycles. The zero-order valence-corrected chi connectivity index (χ0v) is 8.59. The van der Waals surface area contributed by atoms with E-state index in [1.165, 1.54) is 0 Å². The molecule has 0 aromatic rings. The highest BCUT2D eigenvalue weighted by molar-refractivity contribution is 5.89. The van der Waals surface area contributed by atoms with E-state index < -0.39 is 6.04 Å². The van der Waals surface area contributed by atoms with Gasteiger partial charge in [0.05, 0.1) is 6.04 Å². The summed E-state index contributed by atoms with van der Waals surface area (Å²) in [7, 11) is 0. The highest BCUT2D eigenvalue weighted by Crippen LogP contribution is 1.90. The van der Waals surface area contributed by atoms with Crippen molar-refractivity contribution in [2.24, 2.45) is 0 Å². The zero-order valence-electron chi connectivity index (χ0n) is 8.59. The lowest BCUT2D eigenvalue weighted by Gasteiger charge is -2.20. The molecule has 5 heteroatoms. The van der Waals surface area contributed by atoms with Crippen LogP contribution in [-0.2, 0) is 9.59 Å². The smallest absolute Gasteiger partial charge is 0.242 e. The van der Waals surface area contributed by atoms with E-state index in [9.17, 15) is 9.59 Å². The third-order valence-electron chi connectivity index (χ3n) is 2.25. The van der Waals surface area contributed by atoms with Gasteiger partial charge in [-0.05, 0) is 26.8 Å². The number of carbonyl (C=O) groups excluding carboxylic acids is 2. The first kappa shape index (κ1) is 11.0. The summed E-state index contributed by atoms with van der Waals surface area (Å²) in [5.74, 6) is -0.248. The molecule has 0 aromatic heterocycles. The predicted octanol–water partition coefficient (Wildman–Crippen LogP) is -1.01. The lowest BCUT2D eigenvalue weighted by Crippen LogP contribution is -2.52. The van der Waals surface area contributed by atoms with Crippen molar-refractivity contribution in [3.8, 4) is 0 Å². The maximum atomic E-state index is 11.4. The number of carbonyl (C=O) groups is 2. The quantitative estimate of drug-likeness (QED) is 0.468. The molecule has 1 saturated heterocycles. The van der Waals surface area contributed by atoms with Crippen LogP contribution in [0.3, 0.4) is 0 Å². The van der Waals surface area contributed by atoms with E-state index in [1.807, 2.05) is 0 Å². The SMILES string of the molecule is C[C@@H]1NCCCNC(=O)[C@H](C)NC1=O. The molecule has 2 atom stereocenters. The van der Waals surface area contributed by atoms with Crippen molar-refractivity contribution >= 4 is 11.8 Å². The van der Waals surface area contributed by atoms with E-state index >= 15 is 0 Å². The fourth-order valence-electron chi connectivity index (χ4n) is 1.27. The molecular formula is C9H17N3O2. The van der Waals surface area contributed by atoms with Gasteiger partial charge in [-0.3, -0.25) is 9.59 Å². The first-order valence-electron chi connectivity index (χ1n) is 4.92. The van der Waals surface area contributed by atoms with Crippen LogP contribution in [-0.4, -0.2) is 37.0 Å². The molecule has 1 heterocycles. The number of rotatable bonds is 0. The van der Waals surface area contributed by atoms with Crippen molar-refractivity contribution < 1.29 is 9.59 Å². The van der Waals surface area contributed by atoms with E-state index in [0.717, 1.165) is 13.0 Å². The first-order chi connectivity index (χ1) is 6.61. The Morgan fingerprint density at radius 1 is 1.07 bits per heavy atom. The van der Waals surface area contributed by atoms with Crippen molar-refractivity contribution in [3.63, 3.8) is 0 Å². The summed E-state index contributed by atoms with van der Waals surface area (Å²) >= 11 is 0. The number of amides is 2. The van der Waals surface area contributed by atoms with E-state index in [2.05, 4.69) is 16.0 Å². The predicted molar refractivity (Wildman–Crippen MR) is 52.7 cm³/mol. The Morgan fingerprint density at radius 2 is 1.79 bits per heavy atom. The number of hydrogen-bond donors (Lipinski definition) is 3. The lowest BCUT2D eigenvalue weighted by molar-refractivity contribution is -0.129. The second-order valence-electron chi connectivity index (χ2n) is 3.55. The molecule has 3 N–H and O–H groups in total. The van der Waals surface area contributed by atoms with Gasteiger partial charge in [0.15, 0.2) is 0 Å². The molecule has 1 aliphatic heterocycles. The molecule has 1 rings (SSSR count). The van der Waals surface area contributed by atoms with Crippen LogP contribution < -0.4 is 16.0 Å². The van der Waals surface area contributed by atoms with Crippen LogP contribution in [0.15, 0.2) is 0 Å². The van der Waals surface area contributed by atoms with Gasteiger partial charge in [0.25, 0.3) is 0 Å². The van der Waals surface area contributed by atoms with Gasteiger partial charge in [0, 0.05) is 6.54 Å². The second-order valence-corrected chi connectivity index (χ2v) is 3.55. The van der Waals surface area contributed by atoms with Crippen molar-refractivity contribution in [2.45, 2.75) is 32.4 Å². The molecule has 0 unspecified atom stereocenters. The molecule has 14 heavy (non-hydrogen) atoms. The maximum Gasteiger partial charge on any atom is 0.242 e. The van der Waals surface area contributed by atoms with E-state index in [0.29, 0.717) is 6.54 Å². The normalized spacial score (nSPS) is 30.4. The molecule has 1 fully saturated rings. The summed E-state index contributed by atoms with van der Waals surface area (Å²) in [5, 5.41) is 8.45. The average Bonchev–Trinajstić information content (AvgIpc) is 2.15. The van der Waals surface area contributed by atoms with E-state index in [-0.39, 0.29) is 17.9 Å². The van der Waals surface area contributed by atoms with Gasteiger partial charge in [-0.15, -0.1) is 0 Å². The van der Waals surface area contributed by atoms with Gasteiger partial charge in [-0.25, -0.2) is 0 Å². The van der Waals surface area contributed by atoms with Gasteiger partial charge in [-0.2, -0.15) is 0 Å². The molecule has 0 radical (unpaired) electrons. The topological polar surface area (TPSA) is 70.2 Å². The maximum absolute atomic E-state index is 11.4. The zero-order chi connectivity index (χ0) is 10.6. The van der Waals surface area contributed by atoms with Gasteiger partial charge < -0.3 is 16.0 Å². The summed E-state index contributed by atoms with van der Waals surface area (Å²) < 4.78 is 0. The minimum absolute atomic E-state index is 0.118. The molecule has 2 amide bonds. The van der Waals surface area contributed by atoms with Crippen LogP contribution >= 0.6 is 0 Å². The third-order valence-corrected chi connectivity index (χ3v) is 2.25. The lowest BCUT2D eigenvalue weighted by atomic mass is 10.2. The van der Waals surface area contributed by atoms with E-state index in [1.54, 1.807) is 13.8 Å². The monoisotopic (exact) mass is 199 g/mol. The number of hydrogen-bond acceptors (Lipinski definition) is 3. The molecular weight excluding hydrogens is 182 g/mol. The molecule has 0 aliphatic carbocycles. The van der Waals surface area contributed by atoms with Crippen LogP contribution in [0.4, 0.5) is 0 Å². The van der Waals surface area contributed by atoms with Crippen molar-refractivity contribution in [3.05, 3.63) is 0 Å². The Bertz CT molecular complexity index is 230. The number of nitrogens with one attached hydrogen (secondary N) is 3. The first-order valence-corrected chi connectivity index (χ1v) is 4.92. The van der Waals surface area contributed by atoms with Crippen LogP contribution in [0, 0.1) is 0 Å². The van der Waals surface area contributed by atoms with Gasteiger partial charge >= 0.3 is 0 Å². The van der Waals surface area contributed by atoms with Crippen molar-refractivity contribution in [2.75, 3.05) is 13.1 Å². The Balaban J connectivity index is 2.57. The summed E-state index contributed by atoms with van der Waals surface area (Å²) in [4.78, 5) is 22.8. The second kappa shape index (κ2) is 4.95. The summed E-state index contributed by atoms with van der Waals surface area (Å²) in [6.07, 6.45) is 0.843. The standard InChI is InChI=1S/C9H17N3O2/c1-6-9(14)12-7(2)8(13)11-5-3-4-10-6/h6-7,10H,3-5H2,1-2H3,(H,11,13)(H,12,14)/t6-,7-/m0/s1. The van der Waals surface area contributed by atoms with Crippen molar-refractivity contribution in [1.82, 2.24) is 16.0 Å². The Labute approximate surface area is 83.6 Å². The van der Waals surface area contributed by atoms with E-state index in [4.69, 9.17) is 0 Å². The molecule has 5 nitrogen and oxygen atoms in total. The summed E-state index contributed by atoms with van der Waals surface area (Å²) in [6.45, 7) is 4.87. The fraction of sp³-hybridized carbons (Fsp3) is 0.778. The molecule has 0 bridgehead atoms. The Hall–Kier alpha value is -1.10. The molecule has 0 aromatic carbocycles. The minimum Gasteiger partial charge on any atom is -0.354 e. The van der Waals surface area contributed by atoms with Gasteiger partial charge in [0.2, 0.25) is 11.8 Å².